The van der Waals surface area contributed by atoms with Gasteiger partial charge in [0.15, 0.2) is 5.69 Å². The van der Waals surface area contributed by atoms with Crippen LogP contribution in [0.15, 0.2) is 53.5 Å². The van der Waals surface area contributed by atoms with Crippen molar-refractivity contribution in [1.82, 2.24) is 24.6 Å². The van der Waals surface area contributed by atoms with Crippen molar-refractivity contribution in [2.24, 2.45) is 0 Å². The molecule has 8 nitrogen and oxygen atoms in total. The number of rotatable bonds is 3. The van der Waals surface area contributed by atoms with Crippen molar-refractivity contribution in [3.05, 3.63) is 70.5 Å². The minimum absolute atomic E-state index is 0.0870. The third-order valence-electron chi connectivity index (χ3n) is 6.12. The Labute approximate surface area is 173 Å². The van der Waals surface area contributed by atoms with Gasteiger partial charge in [-0.2, -0.15) is 0 Å². The highest BCUT2D eigenvalue weighted by molar-refractivity contribution is 5.92. The molecular formula is C22H21N5O3. The Morgan fingerprint density at radius 1 is 1.07 bits per heavy atom. The molecule has 0 radical (unpaired) electrons. The van der Waals surface area contributed by atoms with Gasteiger partial charge in [0.05, 0.1) is 12.5 Å². The molecule has 1 aromatic carbocycles. The van der Waals surface area contributed by atoms with Gasteiger partial charge in [0.2, 0.25) is 0 Å². The summed E-state index contributed by atoms with van der Waals surface area (Å²) in [6.45, 7) is 1.72. The quantitative estimate of drug-likeness (QED) is 0.663. The first-order valence-electron chi connectivity index (χ1n) is 9.94. The van der Waals surface area contributed by atoms with Crippen molar-refractivity contribution >= 4 is 5.91 Å². The molecule has 0 saturated carbocycles. The number of carbonyl (C=O) groups excluding carboxylic acids is 1. The van der Waals surface area contributed by atoms with Crippen LogP contribution in [0.3, 0.4) is 0 Å². The summed E-state index contributed by atoms with van der Waals surface area (Å²) < 4.78 is 6.90. The molecule has 2 aliphatic heterocycles. The van der Waals surface area contributed by atoms with Gasteiger partial charge in [-0.05, 0) is 49.2 Å². The van der Waals surface area contributed by atoms with Gasteiger partial charge < -0.3 is 9.64 Å². The van der Waals surface area contributed by atoms with E-state index in [0.29, 0.717) is 42.4 Å². The summed E-state index contributed by atoms with van der Waals surface area (Å²) in [5.41, 5.74) is 1.01. The van der Waals surface area contributed by atoms with Crippen molar-refractivity contribution in [3.8, 4) is 17.0 Å². The summed E-state index contributed by atoms with van der Waals surface area (Å²) in [5.74, 6) is 1.31. The number of fused-ring (bicyclic) bond motifs is 2. The zero-order valence-electron chi connectivity index (χ0n) is 16.6. The number of methoxy groups -OCH3 is 1. The van der Waals surface area contributed by atoms with Crippen LogP contribution >= 0.6 is 0 Å². The van der Waals surface area contributed by atoms with Crippen LogP contribution < -0.4 is 10.3 Å². The molecule has 30 heavy (non-hydrogen) atoms. The minimum Gasteiger partial charge on any atom is -0.497 e. The van der Waals surface area contributed by atoms with Crippen LogP contribution in [0.2, 0.25) is 0 Å². The molecule has 1 unspecified atom stereocenters. The number of nitrogens with zero attached hydrogens (tertiary/aromatic N) is 5. The standard InChI is InChI=1S/C22H21N5O3/c1-30-16-7-5-15(6-8-16)18-20(29)27-13-10-22(21(27)25-24-18)9-12-26(14-22)19(28)17-4-2-3-11-23-17/h2-8,11H,9-10,12-14H2,1H3. The zero-order chi connectivity index (χ0) is 20.7. The fourth-order valence-electron chi connectivity index (χ4n) is 4.47. The molecule has 1 fully saturated rings. The second-order valence-corrected chi connectivity index (χ2v) is 7.78. The number of likely N-dealkylation sites (tertiary alicyclic amines) is 1. The summed E-state index contributed by atoms with van der Waals surface area (Å²) in [6.07, 6.45) is 3.16. The fraction of sp³-hybridized carbons (Fsp3) is 0.318. The van der Waals surface area contributed by atoms with E-state index in [9.17, 15) is 9.59 Å². The topological polar surface area (TPSA) is 90.2 Å². The molecule has 1 spiro atoms. The molecule has 2 aromatic heterocycles. The Hall–Kier alpha value is -3.55. The average Bonchev–Trinajstić information content (AvgIpc) is 3.39. The summed E-state index contributed by atoms with van der Waals surface area (Å²) in [5, 5.41) is 8.75. The molecule has 0 bridgehead atoms. The number of hydrogen-bond acceptors (Lipinski definition) is 6. The summed E-state index contributed by atoms with van der Waals surface area (Å²) in [7, 11) is 1.60. The summed E-state index contributed by atoms with van der Waals surface area (Å²) >= 11 is 0. The van der Waals surface area contributed by atoms with Crippen molar-refractivity contribution in [1.29, 1.82) is 0 Å². The molecule has 0 aliphatic carbocycles. The van der Waals surface area contributed by atoms with Crippen LogP contribution in [0.5, 0.6) is 5.75 Å². The summed E-state index contributed by atoms with van der Waals surface area (Å²) in [6, 6.07) is 12.5. The normalized spacial score (nSPS) is 19.8. The van der Waals surface area contributed by atoms with Crippen LogP contribution in [0.4, 0.5) is 0 Å². The number of ether oxygens (including phenoxy) is 1. The Kier molecular flexibility index (Phi) is 4.34. The van der Waals surface area contributed by atoms with E-state index >= 15 is 0 Å². The highest BCUT2D eigenvalue weighted by atomic mass is 16.5. The Morgan fingerprint density at radius 3 is 2.60 bits per heavy atom. The van der Waals surface area contributed by atoms with Crippen molar-refractivity contribution in [2.45, 2.75) is 24.8 Å². The predicted octanol–water partition coefficient (Wildman–Crippen LogP) is 1.90. The van der Waals surface area contributed by atoms with Gasteiger partial charge in [0, 0.05) is 31.4 Å². The third kappa shape index (κ3) is 2.87. The lowest BCUT2D eigenvalue weighted by Crippen LogP contribution is -2.35. The van der Waals surface area contributed by atoms with Crippen LogP contribution in [-0.4, -0.2) is 50.8 Å². The Bertz CT molecular complexity index is 1160. The highest BCUT2D eigenvalue weighted by Crippen LogP contribution is 2.41. The smallest absolute Gasteiger partial charge is 0.280 e. The van der Waals surface area contributed by atoms with E-state index < -0.39 is 0 Å². The van der Waals surface area contributed by atoms with Gasteiger partial charge in [-0.15, -0.1) is 10.2 Å². The van der Waals surface area contributed by atoms with Crippen molar-refractivity contribution in [2.75, 3.05) is 20.2 Å². The number of aromatic nitrogens is 4. The van der Waals surface area contributed by atoms with E-state index in [-0.39, 0.29) is 16.9 Å². The lowest BCUT2D eigenvalue weighted by atomic mass is 9.85. The fourth-order valence-corrected chi connectivity index (χ4v) is 4.47. The Morgan fingerprint density at radius 2 is 1.87 bits per heavy atom. The largest absolute Gasteiger partial charge is 0.497 e. The molecule has 2 aliphatic rings. The molecule has 8 heteroatoms. The van der Waals surface area contributed by atoms with Crippen molar-refractivity contribution in [3.63, 3.8) is 0 Å². The zero-order valence-corrected chi connectivity index (χ0v) is 16.6. The highest BCUT2D eigenvalue weighted by Gasteiger charge is 2.48. The number of hydrogen-bond donors (Lipinski definition) is 0. The maximum Gasteiger partial charge on any atom is 0.280 e. The van der Waals surface area contributed by atoms with Crippen LogP contribution in [0, 0.1) is 0 Å². The first kappa shape index (κ1) is 18.5. The monoisotopic (exact) mass is 403 g/mol. The van der Waals surface area contributed by atoms with E-state index in [2.05, 4.69) is 15.2 Å². The molecule has 5 rings (SSSR count). The molecular weight excluding hydrogens is 382 g/mol. The van der Waals surface area contributed by atoms with Crippen LogP contribution in [0.1, 0.15) is 29.2 Å². The maximum atomic E-state index is 13.1. The first-order valence-corrected chi connectivity index (χ1v) is 9.94. The van der Waals surface area contributed by atoms with Gasteiger partial charge in [0.25, 0.3) is 11.5 Å². The molecule has 1 amide bonds. The van der Waals surface area contributed by atoms with E-state index in [0.717, 1.165) is 18.6 Å². The van der Waals surface area contributed by atoms with Gasteiger partial charge >= 0.3 is 0 Å². The van der Waals surface area contributed by atoms with Gasteiger partial charge in [-0.3, -0.25) is 19.1 Å². The second-order valence-electron chi connectivity index (χ2n) is 7.78. The van der Waals surface area contributed by atoms with Crippen molar-refractivity contribution < 1.29 is 9.53 Å². The molecule has 152 valence electrons. The van der Waals surface area contributed by atoms with E-state index in [1.807, 2.05) is 23.1 Å². The van der Waals surface area contributed by atoms with E-state index in [4.69, 9.17) is 4.74 Å². The second kappa shape index (κ2) is 7.05. The van der Waals surface area contributed by atoms with E-state index in [1.54, 1.807) is 42.1 Å². The first-order chi connectivity index (χ1) is 14.6. The van der Waals surface area contributed by atoms with Gasteiger partial charge in [-0.25, -0.2) is 0 Å². The predicted molar refractivity (Wildman–Crippen MR) is 109 cm³/mol. The maximum absolute atomic E-state index is 13.1. The molecule has 0 N–H and O–H groups in total. The molecule has 1 saturated heterocycles. The van der Waals surface area contributed by atoms with Crippen LogP contribution in [-0.2, 0) is 12.0 Å². The third-order valence-corrected chi connectivity index (χ3v) is 6.12. The molecule has 3 aromatic rings. The minimum atomic E-state index is -0.324. The lowest BCUT2D eigenvalue weighted by molar-refractivity contribution is 0.0777. The van der Waals surface area contributed by atoms with Crippen LogP contribution in [0.25, 0.3) is 11.3 Å². The number of carbonyl (C=O) groups is 1. The summed E-state index contributed by atoms with van der Waals surface area (Å²) in [4.78, 5) is 31.9. The lowest BCUT2D eigenvalue weighted by Gasteiger charge is -2.22. The van der Waals surface area contributed by atoms with Gasteiger partial charge in [-0.1, -0.05) is 6.07 Å². The number of pyridine rings is 1. The van der Waals surface area contributed by atoms with E-state index in [1.165, 1.54) is 0 Å². The average molecular weight is 403 g/mol. The number of amides is 1. The molecule has 1 atom stereocenters. The number of benzene rings is 1. The Balaban J connectivity index is 1.44. The van der Waals surface area contributed by atoms with Gasteiger partial charge in [0.1, 0.15) is 17.3 Å². The molecule has 4 heterocycles. The SMILES string of the molecule is COc1ccc(-c2nnc3n(c2=O)CCC32CCN(C(=O)c3ccccn3)C2)cc1.